The quantitative estimate of drug-likeness (QED) is 0.114. The number of aromatic nitrogens is 6. The van der Waals surface area contributed by atoms with Crippen LogP contribution in [0.5, 0.6) is 0 Å². The van der Waals surface area contributed by atoms with E-state index in [-0.39, 0.29) is 33.7 Å². The molecule has 11 heteroatoms. The lowest BCUT2D eigenvalue weighted by Gasteiger charge is -2.32. The molecule has 9 aromatic heterocycles. The zero-order chi connectivity index (χ0) is 60.0. The number of hydrogen-bond donors (Lipinski definition) is 0. The molecule has 86 heavy (non-hydrogen) atoms. The predicted molar refractivity (Wildman–Crippen MR) is 340 cm³/mol. The van der Waals surface area contributed by atoms with Crippen LogP contribution in [0.4, 0.5) is 0 Å². The summed E-state index contributed by atoms with van der Waals surface area (Å²) in [7, 11) is 0. The van der Waals surface area contributed by atoms with Crippen LogP contribution in [0, 0.1) is 6.85 Å². The molecule has 0 N–H and O–H groups in total. The first-order chi connectivity index (χ1) is 43.4. The van der Waals surface area contributed by atoms with E-state index in [4.69, 9.17) is 32.3 Å². The van der Waals surface area contributed by atoms with E-state index in [1.807, 2.05) is 91.4 Å². The lowest BCUT2D eigenvalue weighted by molar-refractivity contribution is 0.431. The van der Waals surface area contributed by atoms with Crippen molar-refractivity contribution in [2.45, 2.75) is 81.9 Å². The highest BCUT2D eigenvalue weighted by Crippen LogP contribution is 2.49. The molecular weight excluding hydrogens is 1060 g/mol. The van der Waals surface area contributed by atoms with Gasteiger partial charge in [-0.3, -0.25) is 15.0 Å². The number of pyridine rings is 6. The number of furan rings is 1. The van der Waals surface area contributed by atoms with Gasteiger partial charge in [0, 0.05) is 73.5 Å². The van der Waals surface area contributed by atoms with E-state index < -0.39 is 18.1 Å². The van der Waals surface area contributed by atoms with Crippen molar-refractivity contribution in [1.29, 1.82) is 0 Å². The molecular formula is C75H56N6O5. The van der Waals surface area contributed by atoms with Gasteiger partial charge in [-0.25, -0.2) is 24.5 Å². The van der Waals surface area contributed by atoms with E-state index in [9.17, 15) is 9.59 Å². The Morgan fingerprint density at radius 2 is 0.988 bits per heavy atom. The Morgan fingerprint density at radius 1 is 0.419 bits per heavy atom. The highest BCUT2D eigenvalue weighted by atomic mass is 16.4. The number of hydrogen-bond acceptors (Lipinski definition) is 11. The van der Waals surface area contributed by atoms with Gasteiger partial charge in [-0.15, -0.1) is 0 Å². The van der Waals surface area contributed by atoms with Gasteiger partial charge in [-0.1, -0.05) is 135 Å². The Kier molecular flexibility index (Phi) is 11.5. The third kappa shape index (κ3) is 8.79. The van der Waals surface area contributed by atoms with Gasteiger partial charge < -0.3 is 13.3 Å². The van der Waals surface area contributed by atoms with E-state index in [1.54, 1.807) is 24.5 Å². The molecule has 0 bridgehead atoms. The van der Waals surface area contributed by atoms with Crippen LogP contribution in [0.2, 0.25) is 0 Å². The van der Waals surface area contributed by atoms with Crippen LogP contribution in [-0.4, -0.2) is 29.9 Å². The number of rotatable bonds is 11. The van der Waals surface area contributed by atoms with Crippen molar-refractivity contribution in [3.8, 4) is 55.8 Å². The van der Waals surface area contributed by atoms with Gasteiger partial charge in [-0.2, -0.15) is 0 Å². The van der Waals surface area contributed by atoms with Gasteiger partial charge in [0.1, 0.15) is 5.58 Å². The molecule has 0 aliphatic heterocycles. The second-order valence-corrected chi connectivity index (χ2v) is 23.5. The summed E-state index contributed by atoms with van der Waals surface area (Å²) in [5.74, 6) is 0. The lowest BCUT2D eigenvalue weighted by Crippen LogP contribution is -2.27. The monoisotopic (exact) mass is 1120 g/mol. The maximum absolute atomic E-state index is 13.8. The molecule has 0 unspecified atom stereocenters. The van der Waals surface area contributed by atoms with Crippen molar-refractivity contribution in [2.24, 2.45) is 0 Å². The molecule has 9 heterocycles. The SMILES string of the molecule is [2H]C([2H])([2H])c1ccc2c(n1)oc1c(-c3cc(-c4ccc(-c5ccccc5)cc4)c(-c4ccccc4-c4cc(CC5(c6cnc7c(c6)c(=O)oc6ncccc67)CCCC5)cc(CC5(c6cnc7c(c6)c(=O)oc6ncccc67)CCCC5)c4)cn3)cccc12. The van der Waals surface area contributed by atoms with Crippen LogP contribution in [0.1, 0.15) is 83.4 Å². The first-order valence-electron chi connectivity index (χ1n) is 31.0. The van der Waals surface area contributed by atoms with Crippen molar-refractivity contribution in [3.05, 3.63) is 250 Å². The minimum Gasteiger partial charge on any atom is -0.437 e. The average Bonchev–Trinajstić information content (AvgIpc) is 1.93. The zero-order valence-corrected chi connectivity index (χ0v) is 46.8. The Morgan fingerprint density at radius 3 is 1.62 bits per heavy atom. The molecule has 0 atom stereocenters. The second-order valence-electron chi connectivity index (χ2n) is 23.5. The molecule has 16 rings (SSSR count). The summed E-state index contributed by atoms with van der Waals surface area (Å²) in [5, 5.41) is 3.82. The maximum atomic E-state index is 13.8. The summed E-state index contributed by atoms with van der Waals surface area (Å²) in [6.07, 6.45) is 18.4. The predicted octanol–water partition coefficient (Wildman–Crippen LogP) is 17.2. The largest absolute Gasteiger partial charge is 0.437 e. The van der Waals surface area contributed by atoms with Crippen LogP contribution in [0.15, 0.2) is 224 Å². The summed E-state index contributed by atoms with van der Waals surface area (Å²) in [6, 6.07) is 57.6. The van der Waals surface area contributed by atoms with E-state index in [0.29, 0.717) is 56.7 Å². The van der Waals surface area contributed by atoms with E-state index >= 15 is 0 Å². The molecule has 0 spiro atoms. The van der Waals surface area contributed by atoms with Crippen molar-refractivity contribution >= 4 is 66.1 Å². The number of nitrogens with zero attached hydrogens (tertiary/aromatic N) is 6. The molecule has 2 fully saturated rings. The zero-order valence-electron chi connectivity index (χ0n) is 49.8. The minimum atomic E-state index is -2.40. The fraction of sp³-hybridized carbons (Fsp3) is 0.173. The average molecular weight is 1120 g/mol. The fourth-order valence-electron chi connectivity index (χ4n) is 14.4. The van der Waals surface area contributed by atoms with Crippen LogP contribution < -0.4 is 11.3 Å². The number of benzene rings is 5. The van der Waals surface area contributed by atoms with Gasteiger partial charge in [-0.05, 0) is 167 Å². The van der Waals surface area contributed by atoms with E-state index in [1.165, 1.54) is 0 Å². The van der Waals surface area contributed by atoms with Crippen LogP contribution >= 0.6 is 0 Å². The third-order valence-electron chi connectivity index (χ3n) is 18.5. The second kappa shape index (κ2) is 20.5. The van der Waals surface area contributed by atoms with Crippen LogP contribution in [-0.2, 0) is 23.7 Å². The van der Waals surface area contributed by atoms with Gasteiger partial charge >= 0.3 is 11.3 Å². The first kappa shape index (κ1) is 48.1. The molecule has 2 aliphatic rings. The Balaban J connectivity index is 0.865. The summed E-state index contributed by atoms with van der Waals surface area (Å²) in [4.78, 5) is 56.1. The van der Waals surface area contributed by atoms with Gasteiger partial charge in [0.2, 0.25) is 17.1 Å². The molecule has 0 radical (unpaired) electrons. The van der Waals surface area contributed by atoms with Crippen molar-refractivity contribution in [3.63, 3.8) is 0 Å². The maximum Gasteiger partial charge on any atom is 0.347 e. The normalized spacial score (nSPS) is 15.5. The molecule has 14 aromatic rings. The summed E-state index contributed by atoms with van der Waals surface area (Å²) in [5.41, 5.74) is 14.9. The Bertz CT molecular complexity index is 5110. The van der Waals surface area contributed by atoms with Gasteiger partial charge in [0.25, 0.3) is 0 Å². The third-order valence-corrected chi connectivity index (χ3v) is 18.5. The Labute approximate surface area is 498 Å². The molecule has 0 saturated heterocycles. The Hall–Kier alpha value is -10.3. The molecule has 2 aliphatic carbocycles. The first-order valence-corrected chi connectivity index (χ1v) is 29.5. The molecule has 416 valence electrons. The molecule has 11 nitrogen and oxygen atoms in total. The van der Waals surface area contributed by atoms with E-state index in [0.717, 1.165) is 134 Å². The summed E-state index contributed by atoms with van der Waals surface area (Å²) >= 11 is 0. The van der Waals surface area contributed by atoms with E-state index in [2.05, 4.69) is 99.9 Å². The van der Waals surface area contributed by atoms with Gasteiger partial charge in [0.15, 0.2) is 0 Å². The minimum absolute atomic E-state index is 0.0311. The topological polar surface area (TPSA) is 151 Å². The molecule has 0 amide bonds. The number of para-hydroxylation sites is 1. The fourth-order valence-corrected chi connectivity index (χ4v) is 14.4. The van der Waals surface area contributed by atoms with Crippen molar-refractivity contribution < 1.29 is 17.4 Å². The lowest BCUT2D eigenvalue weighted by atomic mass is 9.72. The smallest absolute Gasteiger partial charge is 0.347 e. The summed E-state index contributed by atoms with van der Waals surface area (Å²) in [6.45, 7) is -2.40. The molecule has 5 aromatic carbocycles. The van der Waals surface area contributed by atoms with Crippen LogP contribution in [0.3, 0.4) is 0 Å². The van der Waals surface area contributed by atoms with Crippen molar-refractivity contribution in [2.75, 3.05) is 0 Å². The molecule has 2 saturated carbocycles. The standard InChI is InChI=1S/C75H56N6O5/c1-45-22-27-57-56-18-11-19-58(68(56)84-71(57)81-45)65-39-61(50-25-23-49(24-26-50)48-14-3-2-4-15-48)64(44-78-65)55-17-6-5-16-54(55)51-35-46(40-74(28-7-8-29-74)52-37-62-66(79-42-52)59-20-12-32-76-69(59)85-72(62)82)34-47(36-51)41-75(30-9-10-31-75)53-38-63-67(80-43-53)60-21-13-33-77-70(60)86-73(63)83/h2-6,11-27,32-39,42-44H,7-10,28-31,40-41H2,1H3/i1D3. The highest BCUT2D eigenvalue weighted by Gasteiger charge is 2.39. The summed E-state index contributed by atoms with van der Waals surface area (Å²) < 4.78 is 42.3. The highest BCUT2D eigenvalue weighted by molar-refractivity contribution is 6.09. The van der Waals surface area contributed by atoms with Gasteiger partial charge in [0.05, 0.1) is 38.3 Å². The number of fused-ring (bicyclic) bond motifs is 9. The van der Waals surface area contributed by atoms with Crippen LogP contribution in [0.25, 0.3) is 122 Å². The number of aryl methyl sites for hydroxylation is 1. The van der Waals surface area contributed by atoms with Crippen molar-refractivity contribution in [1.82, 2.24) is 29.9 Å².